The van der Waals surface area contributed by atoms with Gasteiger partial charge in [0.05, 0.1) is 0 Å². The number of carbonyl (C=O) groups is 1. The minimum absolute atomic E-state index is 0.0646. The van der Waals surface area contributed by atoms with Crippen LogP contribution in [0.4, 0.5) is 0 Å². The third-order valence-electron chi connectivity index (χ3n) is 3.09. The Morgan fingerprint density at radius 2 is 2.05 bits per heavy atom. The summed E-state index contributed by atoms with van der Waals surface area (Å²) in [5.41, 5.74) is 0.931. The Balaban J connectivity index is 1.48. The Morgan fingerprint density at radius 1 is 1.18 bits per heavy atom. The minimum atomic E-state index is -0.211. The smallest absolute Gasteiger partial charge is 0.258 e. The topological polar surface area (TPSA) is 56.8 Å². The Morgan fingerprint density at radius 3 is 2.91 bits per heavy atom. The molecule has 1 heterocycles. The zero-order valence-electron chi connectivity index (χ0n) is 11.7. The lowest BCUT2D eigenvalue weighted by molar-refractivity contribution is -0.123. The molecule has 0 atom stereocenters. The molecule has 1 aliphatic heterocycles. The van der Waals surface area contributed by atoms with Crippen LogP contribution in [-0.4, -0.2) is 19.3 Å². The number of halogens is 1. The summed E-state index contributed by atoms with van der Waals surface area (Å²) in [4.78, 5) is 11.8. The molecule has 22 heavy (non-hydrogen) atoms. The molecule has 0 radical (unpaired) electrons. The van der Waals surface area contributed by atoms with Crippen LogP contribution >= 0.6 is 11.6 Å². The zero-order chi connectivity index (χ0) is 15.4. The lowest BCUT2D eigenvalue weighted by Crippen LogP contribution is -2.28. The maximum Gasteiger partial charge on any atom is 0.258 e. The van der Waals surface area contributed by atoms with Crippen molar-refractivity contribution in [3.8, 4) is 17.2 Å². The molecular weight excluding hydrogens is 306 g/mol. The second kappa shape index (κ2) is 6.58. The van der Waals surface area contributed by atoms with Gasteiger partial charge in [-0.05, 0) is 35.9 Å². The van der Waals surface area contributed by atoms with Crippen molar-refractivity contribution in [2.24, 2.45) is 0 Å². The number of ether oxygens (including phenoxy) is 3. The van der Waals surface area contributed by atoms with Gasteiger partial charge in [0.25, 0.3) is 5.91 Å². The molecular formula is C16H14ClNO4. The molecule has 114 valence electrons. The molecule has 0 saturated heterocycles. The average Bonchev–Trinajstić information content (AvgIpc) is 2.98. The molecule has 1 N–H and O–H groups in total. The second-order valence-electron chi connectivity index (χ2n) is 4.71. The Hall–Kier alpha value is -2.40. The predicted octanol–water partition coefficient (Wildman–Crippen LogP) is 2.76. The summed E-state index contributed by atoms with van der Waals surface area (Å²) < 4.78 is 15.9. The fourth-order valence-corrected chi connectivity index (χ4v) is 2.19. The van der Waals surface area contributed by atoms with E-state index >= 15 is 0 Å². The number of benzene rings is 2. The molecule has 0 aromatic heterocycles. The first-order valence-corrected chi connectivity index (χ1v) is 7.12. The van der Waals surface area contributed by atoms with Crippen molar-refractivity contribution in [1.82, 2.24) is 5.32 Å². The standard InChI is InChI=1S/C16H14ClNO4/c17-12-2-1-3-13(7-12)20-9-16(19)18-8-11-4-5-14-15(6-11)22-10-21-14/h1-7H,8-10H2,(H,18,19). The Labute approximate surface area is 132 Å². The van der Waals surface area contributed by atoms with Crippen LogP contribution in [-0.2, 0) is 11.3 Å². The Kier molecular flexibility index (Phi) is 4.34. The molecule has 1 amide bonds. The van der Waals surface area contributed by atoms with Crippen molar-refractivity contribution in [2.75, 3.05) is 13.4 Å². The highest BCUT2D eigenvalue weighted by Gasteiger charge is 2.13. The first-order valence-electron chi connectivity index (χ1n) is 6.74. The van der Waals surface area contributed by atoms with E-state index in [0.717, 1.165) is 11.3 Å². The van der Waals surface area contributed by atoms with Gasteiger partial charge in [-0.1, -0.05) is 23.7 Å². The molecule has 6 heteroatoms. The molecule has 0 saturated carbocycles. The maximum absolute atomic E-state index is 11.8. The molecule has 0 unspecified atom stereocenters. The number of rotatable bonds is 5. The third kappa shape index (κ3) is 3.62. The van der Waals surface area contributed by atoms with E-state index in [9.17, 15) is 4.79 Å². The van der Waals surface area contributed by atoms with Gasteiger partial charge in [0, 0.05) is 11.6 Å². The van der Waals surface area contributed by atoms with E-state index < -0.39 is 0 Å². The molecule has 2 aromatic carbocycles. The van der Waals surface area contributed by atoms with Crippen molar-refractivity contribution in [3.63, 3.8) is 0 Å². The van der Waals surface area contributed by atoms with Gasteiger partial charge in [-0.2, -0.15) is 0 Å². The lowest BCUT2D eigenvalue weighted by Gasteiger charge is -2.08. The number of carbonyl (C=O) groups excluding carboxylic acids is 1. The zero-order valence-corrected chi connectivity index (χ0v) is 12.4. The largest absolute Gasteiger partial charge is 0.484 e. The second-order valence-corrected chi connectivity index (χ2v) is 5.15. The first kappa shape index (κ1) is 14.5. The molecule has 0 aliphatic carbocycles. The number of hydrogen-bond donors (Lipinski definition) is 1. The molecule has 5 nitrogen and oxygen atoms in total. The average molecular weight is 320 g/mol. The number of fused-ring (bicyclic) bond motifs is 1. The Bertz CT molecular complexity index is 690. The van der Waals surface area contributed by atoms with Gasteiger partial charge < -0.3 is 19.5 Å². The monoisotopic (exact) mass is 319 g/mol. The quantitative estimate of drug-likeness (QED) is 0.920. The molecule has 0 fully saturated rings. The van der Waals surface area contributed by atoms with Crippen molar-refractivity contribution in [2.45, 2.75) is 6.54 Å². The summed E-state index contributed by atoms with van der Waals surface area (Å²) in [5.74, 6) is 1.77. The van der Waals surface area contributed by atoms with E-state index in [-0.39, 0.29) is 19.3 Å². The lowest BCUT2D eigenvalue weighted by atomic mass is 10.2. The fraction of sp³-hybridized carbons (Fsp3) is 0.188. The first-order chi connectivity index (χ1) is 10.7. The van der Waals surface area contributed by atoms with E-state index in [1.165, 1.54) is 0 Å². The van der Waals surface area contributed by atoms with Crippen molar-refractivity contribution < 1.29 is 19.0 Å². The highest BCUT2D eigenvalue weighted by molar-refractivity contribution is 6.30. The van der Waals surface area contributed by atoms with Crippen molar-refractivity contribution >= 4 is 17.5 Å². The van der Waals surface area contributed by atoms with Gasteiger partial charge in [0.1, 0.15) is 5.75 Å². The summed E-state index contributed by atoms with van der Waals surface area (Å²) in [7, 11) is 0. The van der Waals surface area contributed by atoms with Gasteiger partial charge >= 0.3 is 0 Å². The van der Waals surface area contributed by atoms with Crippen LogP contribution in [0.15, 0.2) is 42.5 Å². The molecule has 2 aromatic rings. The number of amides is 1. The highest BCUT2D eigenvalue weighted by Crippen LogP contribution is 2.32. The van der Waals surface area contributed by atoms with E-state index in [1.807, 2.05) is 18.2 Å². The van der Waals surface area contributed by atoms with Crippen LogP contribution in [0, 0.1) is 0 Å². The van der Waals surface area contributed by atoms with Crippen LogP contribution in [0.1, 0.15) is 5.56 Å². The van der Waals surface area contributed by atoms with Gasteiger partial charge in [-0.3, -0.25) is 4.79 Å². The summed E-state index contributed by atoms with van der Waals surface area (Å²) >= 11 is 5.85. The third-order valence-corrected chi connectivity index (χ3v) is 3.33. The van der Waals surface area contributed by atoms with Gasteiger partial charge in [-0.25, -0.2) is 0 Å². The van der Waals surface area contributed by atoms with Gasteiger partial charge in [-0.15, -0.1) is 0 Å². The molecule has 1 aliphatic rings. The molecule has 0 spiro atoms. The highest BCUT2D eigenvalue weighted by atomic mass is 35.5. The normalized spacial score (nSPS) is 12.0. The van der Waals surface area contributed by atoms with Crippen LogP contribution in [0.5, 0.6) is 17.2 Å². The predicted molar refractivity (Wildman–Crippen MR) is 81.4 cm³/mol. The summed E-state index contributed by atoms with van der Waals surface area (Å²) in [6, 6.07) is 12.5. The molecule has 0 bridgehead atoms. The van der Waals surface area contributed by atoms with Crippen molar-refractivity contribution in [1.29, 1.82) is 0 Å². The van der Waals surface area contributed by atoms with Crippen LogP contribution in [0.3, 0.4) is 0 Å². The summed E-state index contributed by atoms with van der Waals surface area (Å²) in [6.07, 6.45) is 0. The maximum atomic E-state index is 11.8. The van der Waals surface area contributed by atoms with Gasteiger partial charge in [0.15, 0.2) is 18.1 Å². The van der Waals surface area contributed by atoms with Crippen LogP contribution in [0.2, 0.25) is 5.02 Å². The number of nitrogens with one attached hydrogen (secondary N) is 1. The summed E-state index contributed by atoms with van der Waals surface area (Å²) in [6.45, 7) is 0.567. The fourth-order valence-electron chi connectivity index (χ4n) is 2.01. The van der Waals surface area contributed by atoms with Crippen LogP contribution < -0.4 is 19.5 Å². The van der Waals surface area contributed by atoms with E-state index in [2.05, 4.69) is 5.32 Å². The molecule has 3 rings (SSSR count). The van der Waals surface area contributed by atoms with Crippen molar-refractivity contribution in [3.05, 3.63) is 53.1 Å². The van der Waals surface area contributed by atoms with Gasteiger partial charge in [0.2, 0.25) is 6.79 Å². The SMILES string of the molecule is O=C(COc1cccc(Cl)c1)NCc1ccc2c(c1)OCO2. The van der Waals surface area contributed by atoms with E-state index in [4.69, 9.17) is 25.8 Å². The van der Waals surface area contributed by atoms with E-state index in [1.54, 1.807) is 24.3 Å². The van der Waals surface area contributed by atoms with Crippen LogP contribution in [0.25, 0.3) is 0 Å². The van der Waals surface area contributed by atoms with E-state index in [0.29, 0.717) is 23.1 Å². The number of hydrogen-bond acceptors (Lipinski definition) is 4. The minimum Gasteiger partial charge on any atom is -0.484 e. The summed E-state index contributed by atoms with van der Waals surface area (Å²) in [5, 5.41) is 3.35.